The molecule has 2 rings (SSSR count). The van der Waals surface area contributed by atoms with E-state index >= 15 is 0 Å². The third kappa shape index (κ3) is 6.11. The molecule has 1 aromatic rings. The Kier molecular flexibility index (Phi) is 7.12. The molecule has 1 fully saturated rings. The van der Waals surface area contributed by atoms with Gasteiger partial charge >= 0.3 is 12.1 Å². The van der Waals surface area contributed by atoms with Crippen LogP contribution in [0.4, 0.5) is 16.2 Å². The quantitative estimate of drug-likeness (QED) is 0.384. The molecule has 1 aromatic carbocycles. The number of esters is 1. The van der Waals surface area contributed by atoms with E-state index in [2.05, 4.69) is 10.1 Å². The number of ether oxygens (including phenoxy) is 2. The van der Waals surface area contributed by atoms with Crippen LogP contribution in [0.3, 0.4) is 0 Å². The number of benzene rings is 1. The minimum atomic E-state index is -0.823. The normalized spacial score (nSPS) is 16.7. The molecule has 2 amide bonds. The zero-order valence-corrected chi connectivity index (χ0v) is 17.7. The van der Waals surface area contributed by atoms with Gasteiger partial charge in [0.2, 0.25) is 5.91 Å². The molecule has 0 spiro atoms. The first-order valence-electron chi connectivity index (χ1n) is 8.99. The molecule has 1 atom stereocenters. The number of thioether (sulfide) groups is 1. The summed E-state index contributed by atoms with van der Waals surface area (Å²) < 4.78 is 9.92. The van der Waals surface area contributed by atoms with Gasteiger partial charge in [0.15, 0.2) is 0 Å². The number of amides is 2. The van der Waals surface area contributed by atoms with E-state index < -0.39 is 28.6 Å². The lowest BCUT2D eigenvalue weighted by Crippen LogP contribution is -2.47. The van der Waals surface area contributed by atoms with Crippen molar-refractivity contribution < 1.29 is 23.9 Å². The van der Waals surface area contributed by atoms with Gasteiger partial charge < -0.3 is 25.4 Å². The van der Waals surface area contributed by atoms with Gasteiger partial charge in [-0.05, 0) is 39.0 Å². The fourth-order valence-corrected chi connectivity index (χ4v) is 3.69. The van der Waals surface area contributed by atoms with Crippen LogP contribution in [0.1, 0.15) is 26.3 Å². The predicted molar refractivity (Wildman–Crippen MR) is 112 cm³/mol. The first kappa shape index (κ1) is 22.5. The van der Waals surface area contributed by atoms with E-state index in [9.17, 15) is 14.4 Å². The van der Waals surface area contributed by atoms with Crippen molar-refractivity contribution in [2.24, 2.45) is 0 Å². The minimum Gasteiger partial charge on any atom is -0.464 e. The average Bonchev–Trinajstić information content (AvgIpc) is 2.67. The second-order valence-corrected chi connectivity index (χ2v) is 8.75. The lowest BCUT2D eigenvalue weighted by atomic mass is 10.1. The zero-order chi connectivity index (χ0) is 21.8. The minimum absolute atomic E-state index is 0.168. The molecule has 10 heteroatoms. The van der Waals surface area contributed by atoms with E-state index in [0.29, 0.717) is 18.0 Å². The molecule has 29 heavy (non-hydrogen) atoms. The Morgan fingerprint density at radius 2 is 2.00 bits per heavy atom. The molecule has 1 unspecified atom stereocenters. The Morgan fingerprint density at radius 3 is 2.62 bits per heavy atom. The maximum Gasteiger partial charge on any atom is 0.410 e. The van der Waals surface area contributed by atoms with Crippen LogP contribution in [0.2, 0.25) is 0 Å². The molecular weight excluding hydrogens is 396 g/mol. The van der Waals surface area contributed by atoms with Gasteiger partial charge in [-0.3, -0.25) is 10.2 Å². The van der Waals surface area contributed by atoms with Crippen LogP contribution in [0.5, 0.6) is 0 Å². The number of hydrogen-bond donors (Lipinski definition) is 3. The summed E-state index contributed by atoms with van der Waals surface area (Å²) in [6, 6.07) is 4.54. The molecule has 1 aliphatic rings. The number of hydrogen-bond acceptors (Lipinski definition) is 8. The van der Waals surface area contributed by atoms with Gasteiger partial charge in [0.05, 0.1) is 7.11 Å². The van der Waals surface area contributed by atoms with Crippen LogP contribution in [0.15, 0.2) is 18.2 Å². The van der Waals surface area contributed by atoms with Crippen LogP contribution >= 0.6 is 11.8 Å². The SMILES string of the molecule is COC(=O)C(=N)c1cc(NC(=O)C2CN(C(=O)OC(C)(C)C)CCS2)ccc1N. The van der Waals surface area contributed by atoms with Crippen molar-refractivity contribution in [1.29, 1.82) is 5.41 Å². The van der Waals surface area contributed by atoms with Gasteiger partial charge in [0.1, 0.15) is 16.6 Å². The highest BCUT2D eigenvalue weighted by atomic mass is 32.2. The average molecular weight is 423 g/mol. The number of carbonyl (C=O) groups excluding carboxylic acids is 3. The van der Waals surface area contributed by atoms with E-state index in [-0.39, 0.29) is 23.7 Å². The largest absolute Gasteiger partial charge is 0.464 e. The Morgan fingerprint density at radius 1 is 1.31 bits per heavy atom. The summed E-state index contributed by atoms with van der Waals surface area (Å²) in [5.41, 5.74) is 5.61. The Bertz CT molecular complexity index is 821. The smallest absolute Gasteiger partial charge is 0.410 e. The van der Waals surface area contributed by atoms with Crippen molar-refractivity contribution >= 4 is 46.8 Å². The van der Waals surface area contributed by atoms with Gasteiger partial charge in [0, 0.05) is 35.8 Å². The van der Waals surface area contributed by atoms with Gasteiger partial charge in [-0.2, -0.15) is 0 Å². The van der Waals surface area contributed by atoms with E-state index in [1.54, 1.807) is 26.8 Å². The number of carbonyl (C=O) groups is 3. The molecule has 0 aliphatic carbocycles. The summed E-state index contributed by atoms with van der Waals surface area (Å²) in [5, 5.41) is 10.1. The molecule has 158 valence electrons. The number of nitrogens with two attached hydrogens (primary N) is 1. The number of nitrogen functional groups attached to an aromatic ring is 1. The van der Waals surface area contributed by atoms with Gasteiger partial charge in [-0.1, -0.05) is 0 Å². The fourth-order valence-electron chi connectivity index (χ4n) is 2.59. The lowest BCUT2D eigenvalue weighted by molar-refractivity contribution is -0.132. The van der Waals surface area contributed by atoms with Crippen LogP contribution in [0.25, 0.3) is 0 Å². The topological polar surface area (TPSA) is 135 Å². The van der Waals surface area contributed by atoms with E-state index in [4.69, 9.17) is 15.9 Å². The highest BCUT2D eigenvalue weighted by molar-refractivity contribution is 8.00. The van der Waals surface area contributed by atoms with Crippen LogP contribution in [-0.2, 0) is 19.1 Å². The predicted octanol–water partition coefficient (Wildman–Crippen LogP) is 2.10. The maximum atomic E-state index is 12.7. The molecule has 0 radical (unpaired) electrons. The molecule has 1 aliphatic heterocycles. The number of nitrogens with one attached hydrogen (secondary N) is 2. The van der Waals surface area contributed by atoms with Crippen molar-refractivity contribution in [3.05, 3.63) is 23.8 Å². The number of anilines is 2. The summed E-state index contributed by atoms with van der Waals surface area (Å²) in [5.74, 6) is -0.503. The fraction of sp³-hybridized carbons (Fsp3) is 0.474. The Hall–Kier alpha value is -2.75. The Labute approximate surface area is 173 Å². The van der Waals surface area contributed by atoms with Crippen molar-refractivity contribution in [3.63, 3.8) is 0 Å². The first-order chi connectivity index (χ1) is 13.5. The van der Waals surface area contributed by atoms with Crippen LogP contribution in [-0.4, -0.2) is 65.4 Å². The first-order valence-corrected chi connectivity index (χ1v) is 10.0. The maximum absolute atomic E-state index is 12.7. The summed E-state index contributed by atoms with van der Waals surface area (Å²) in [6.45, 7) is 6.10. The summed E-state index contributed by atoms with van der Waals surface area (Å²) >= 11 is 1.45. The standard InChI is InChI=1S/C19H26N4O5S/c1-19(2,3)28-18(26)23-7-8-29-14(10-23)16(24)22-11-5-6-13(20)12(9-11)15(21)17(25)27-4/h5-6,9,14,21H,7-8,10,20H2,1-4H3,(H,22,24). The zero-order valence-electron chi connectivity index (χ0n) is 16.9. The van der Waals surface area contributed by atoms with Crippen molar-refractivity contribution in [3.8, 4) is 0 Å². The third-order valence-electron chi connectivity index (χ3n) is 3.99. The molecular formula is C19H26N4O5S. The number of nitrogens with zero attached hydrogens (tertiary/aromatic N) is 1. The van der Waals surface area contributed by atoms with Crippen LogP contribution < -0.4 is 11.1 Å². The molecule has 1 saturated heterocycles. The monoisotopic (exact) mass is 422 g/mol. The van der Waals surface area contributed by atoms with Crippen molar-refractivity contribution in [1.82, 2.24) is 4.90 Å². The van der Waals surface area contributed by atoms with Crippen LogP contribution in [0, 0.1) is 5.41 Å². The third-order valence-corrected chi connectivity index (χ3v) is 5.17. The van der Waals surface area contributed by atoms with Crippen molar-refractivity contribution in [2.75, 3.05) is 37.0 Å². The molecule has 1 heterocycles. The van der Waals surface area contributed by atoms with Gasteiger partial charge in [0.25, 0.3) is 0 Å². The van der Waals surface area contributed by atoms with E-state index in [1.165, 1.54) is 35.9 Å². The summed E-state index contributed by atoms with van der Waals surface area (Å²) in [7, 11) is 1.18. The van der Waals surface area contributed by atoms with Gasteiger partial charge in [-0.15, -0.1) is 11.8 Å². The van der Waals surface area contributed by atoms with Crippen molar-refractivity contribution in [2.45, 2.75) is 31.6 Å². The highest BCUT2D eigenvalue weighted by Crippen LogP contribution is 2.24. The molecule has 0 saturated carbocycles. The Balaban J connectivity index is 2.07. The molecule has 9 nitrogen and oxygen atoms in total. The molecule has 4 N–H and O–H groups in total. The summed E-state index contributed by atoms with van der Waals surface area (Å²) in [4.78, 5) is 38.1. The lowest BCUT2D eigenvalue weighted by Gasteiger charge is -2.33. The summed E-state index contributed by atoms with van der Waals surface area (Å²) in [6.07, 6.45) is -0.447. The molecule has 0 bridgehead atoms. The molecule has 0 aromatic heterocycles. The number of rotatable bonds is 4. The second kappa shape index (κ2) is 9.17. The number of methoxy groups -OCH3 is 1. The van der Waals surface area contributed by atoms with E-state index in [1.807, 2.05) is 0 Å². The van der Waals surface area contributed by atoms with E-state index in [0.717, 1.165) is 0 Å². The second-order valence-electron chi connectivity index (χ2n) is 7.44. The highest BCUT2D eigenvalue weighted by Gasteiger charge is 2.31. The van der Waals surface area contributed by atoms with Gasteiger partial charge in [-0.25, -0.2) is 9.59 Å².